The number of fused-ring (bicyclic) bond motifs is 4. The van der Waals surface area contributed by atoms with Crippen LogP contribution in [0.2, 0.25) is 0 Å². The van der Waals surface area contributed by atoms with Gasteiger partial charge in [0.05, 0.1) is 11.3 Å². The molecule has 3 amide bonds. The first-order valence-electron chi connectivity index (χ1n) is 18.0. The lowest BCUT2D eigenvalue weighted by Crippen LogP contribution is -2.58. The van der Waals surface area contributed by atoms with Gasteiger partial charge in [-0.25, -0.2) is 13.4 Å². The Labute approximate surface area is 301 Å². The summed E-state index contributed by atoms with van der Waals surface area (Å²) in [6.45, 7) is 1.70. The minimum absolute atomic E-state index is 0.0861. The number of hydrogen-bond acceptors (Lipinski definition) is 10. The second kappa shape index (κ2) is 13.2. The number of para-hydroxylation sites is 2. The van der Waals surface area contributed by atoms with Gasteiger partial charge in [-0.1, -0.05) is 55.3 Å². The number of sulfonamides is 1. The van der Waals surface area contributed by atoms with Gasteiger partial charge in [-0.05, 0) is 75.1 Å². The van der Waals surface area contributed by atoms with E-state index in [0.717, 1.165) is 36.5 Å². The summed E-state index contributed by atoms with van der Waals surface area (Å²) in [5.74, 6) is -1.65. The molecule has 1 saturated heterocycles. The van der Waals surface area contributed by atoms with E-state index in [1.807, 2.05) is 60.7 Å². The average Bonchev–Trinajstić information content (AvgIpc) is 3.94. The molecule has 2 saturated carbocycles. The molecule has 3 N–H and O–H groups in total. The molecule has 2 aliphatic heterocycles. The summed E-state index contributed by atoms with van der Waals surface area (Å²) in [5, 5.41) is 7.89. The van der Waals surface area contributed by atoms with Crippen LogP contribution in [0.1, 0.15) is 64.7 Å². The van der Waals surface area contributed by atoms with Crippen LogP contribution in [0.5, 0.6) is 5.88 Å². The van der Waals surface area contributed by atoms with Crippen LogP contribution >= 0.6 is 0 Å². The number of allylic oxidation sites excluding steroid dienone is 1. The van der Waals surface area contributed by atoms with Crippen LogP contribution in [-0.2, 0) is 24.4 Å². The van der Waals surface area contributed by atoms with E-state index >= 15 is 0 Å². The van der Waals surface area contributed by atoms with Gasteiger partial charge in [0.25, 0.3) is 11.9 Å². The summed E-state index contributed by atoms with van der Waals surface area (Å²) >= 11 is 0. The minimum Gasteiger partial charge on any atom is -0.472 e. The van der Waals surface area contributed by atoms with Gasteiger partial charge in [0, 0.05) is 23.9 Å². The number of rotatable bonds is 7. The Morgan fingerprint density at radius 2 is 1.87 bits per heavy atom. The molecule has 2 aromatic carbocycles. The van der Waals surface area contributed by atoms with Crippen molar-refractivity contribution < 1.29 is 32.0 Å². The molecule has 4 heterocycles. The maximum atomic E-state index is 14.6. The third-order valence-electron chi connectivity index (χ3n) is 11.0. The van der Waals surface area contributed by atoms with E-state index in [0.29, 0.717) is 36.2 Å². The molecule has 4 aromatic rings. The molecule has 3 fully saturated rings. The number of amides is 3. The number of carbonyl (C=O) groups excluding carboxylic acids is 3. The van der Waals surface area contributed by atoms with Gasteiger partial charge in [-0.15, -0.1) is 0 Å². The average molecular weight is 727 g/mol. The normalized spacial score (nSPS) is 27.5. The standard InChI is InChI=1S/C38H42N6O7S/c1-37(18-19-37)52(48,49)43-35(47)38-22-25(38)12-5-3-2-4-6-15-29(41-36-40-28-14-9-10-16-31(28)51-36)34(46)44-23-26(21-30(44)32(45)42-38)50-33-27-13-8-7-11-24(27)17-20-39-33/h5,7-14,16-17,20,25-26,29-30H,2-4,6,15,18-19,21-23H2,1H3,(H,40,41)(H,42,45)(H,43,47)/t25-,26-,29+,30+,38-/m1/s1. The van der Waals surface area contributed by atoms with Gasteiger partial charge in [0.1, 0.15) is 29.2 Å². The quantitative estimate of drug-likeness (QED) is 0.229. The van der Waals surface area contributed by atoms with E-state index in [-0.39, 0.29) is 31.3 Å². The number of oxazole rings is 1. The Bertz CT molecular complexity index is 2140. The monoisotopic (exact) mass is 726 g/mol. The third-order valence-corrected chi connectivity index (χ3v) is 13.1. The van der Waals surface area contributed by atoms with E-state index in [1.165, 1.54) is 4.90 Å². The molecule has 2 aromatic heterocycles. The highest BCUT2D eigenvalue weighted by molar-refractivity contribution is 7.91. The Hall–Kier alpha value is -4.98. The summed E-state index contributed by atoms with van der Waals surface area (Å²) in [7, 11) is -3.95. The number of pyridine rings is 1. The van der Waals surface area contributed by atoms with E-state index < -0.39 is 56.2 Å². The molecular weight excluding hydrogens is 685 g/mol. The summed E-state index contributed by atoms with van der Waals surface area (Å²) in [6.07, 6.45) is 9.88. The highest BCUT2D eigenvalue weighted by Crippen LogP contribution is 2.47. The Morgan fingerprint density at radius 3 is 2.69 bits per heavy atom. The smallest absolute Gasteiger partial charge is 0.296 e. The van der Waals surface area contributed by atoms with Crippen LogP contribution in [-0.4, -0.2) is 76.0 Å². The fourth-order valence-electron chi connectivity index (χ4n) is 7.37. The number of aromatic nitrogens is 2. The molecular formula is C38H42N6O7S. The third kappa shape index (κ3) is 6.48. The molecule has 272 valence electrons. The fraction of sp³-hybridized carbons (Fsp3) is 0.447. The SMILES string of the molecule is CC1(S(=O)(=O)NC(=O)[C@@]23C[C@H]2C=CCCCCC[C@H](Nc2nc4ccccc4o2)C(=O)N2C[C@H](Oc4nccc5ccccc45)C[C@H]2C(=O)N3)CC1. The fourth-order valence-corrected chi connectivity index (χ4v) is 8.69. The van der Waals surface area contributed by atoms with Gasteiger partial charge < -0.3 is 24.7 Å². The molecule has 8 rings (SSSR count). The number of ether oxygens (including phenoxy) is 1. The topological polar surface area (TPSA) is 173 Å². The molecule has 13 nitrogen and oxygen atoms in total. The molecule has 0 bridgehead atoms. The predicted octanol–water partition coefficient (Wildman–Crippen LogP) is 4.60. The van der Waals surface area contributed by atoms with E-state index in [1.54, 1.807) is 19.2 Å². The molecule has 14 heteroatoms. The van der Waals surface area contributed by atoms with Crippen molar-refractivity contribution in [1.29, 1.82) is 0 Å². The number of hydrogen-bond donors (Lipinski definition) is 3. The maximum Gasteiger partial charge on any atom is 0.296 e. The molecule has 0 unspecified atom stereocenters. The number of benzene rings is 2. The lowest BCUT2D eigenvalue weighted by Gasteiger charge is -2.29. The minimum atomic E-state index is -3.95. The van der Waals surface area contributed by atoms with Crippen molar-refractivity contribution in [2.45, 2.75) is 93.2 Å². The van der Waals surface area contributed by atoms with Crippen molar-refractivity contribution in [1.82, 2.24) is 24.9 Å². The molecule has 52 heavy (non-hydrogen) atoms. The highest BCUT2D eigenvalue weighted by Gasteiger charge is 2.63. The van der Waals surface area contributed by atoms with Gasteiger partial charge in [0.15, 0.2) is 5.58 Å². The summed E-state index contributed by atoms with van der Waals surface area (Å²) in [4.78, 5) is 53.4. The van der Waals surface area contributed by atoms with E-state index in [2.05, 4.69) is 25.3 Å². The first kappa shape index (κ1) is 34.1. The molecule has 0 radical (unpaired) electrons. The first-order chi connectivity index (χ1) is 25.1. The van der Waals surface area contributed by atoms with Gasteiger partial charge in [-0.3, -0.25) is 19.1 Å². The predicted molar refractivity (Wildman–Crippen MR) is 194 cm³/mol. The van der Waals surface area contributed by atoms with Crippen molar-refractivity contribution in [3.05, 3.63) is 72.9 Å². The largest absolute Gasteiger partial charge is 0.472 e. The Kier molecular flexibility index (Phi) is 8.67. The Morgan fingerprint density at radius 1 is 1.06 bits per heavy atom. The molecule has 5 atom stereocenters. The highest BCUT2D eigenvalue weighted by atomic mass is 32.2. The number of nitrogens with one attached hydrogen (secondary N) is 3. The maximum absolute atomic E-state index is 14.6. The zero-order valence-corrected chi connectivity index (χ0v) is 29.7. The zero-order chi connectivity index (χ0) is 36.1. The van der Waals surface area contributed by atoms with Crippen molar-refractivity contribution in [3.8, 4) is 5.88 Å². The van der Waals surface area contributed by atoms with Crippen LogP contribution in [0.25, 0.3) is 21.9 Å². The number of carbonyl (C=O) groups is 3. The van der Waals surface area contributed by atoms with Crippen molar-refractivity contribution in [2.75, 3.05) is 11.9 Å². The van der Waals surface area contributed by atoms with E-state index in [9.17, 15) is 22.8 Å². The first-order valence-corrected chi connectivity index (χ1v) is 19.5. The van der Waals surface area contributed by atoms with Gasteiger partial charge >= 0.3 is 0 Å². The molecule has 0 spiro atoms. The lowest BCUT2D eigenvalue weighted by molar-refractivity contribution is -0.140. The second-order valence-corrected chi connectivity index (χ2v) is 16.9. The van der Waals surface area contributed by atoms with Gasteiger partial charge in [0.2, 0.25) is 27.7 Å². The van der Waals surface area contributed by atoms with Crippen LogP contribution in [0.4, 0.5) is 6.01 Å². The summed E-state index contributed by atoms with van der Waals surface area (Å²) < 4.78 is 39.9. The molecule has 4 aliphatic rings. The summed E-state index contributed by atoms with van der Waals surface area (Å²) in [6, 6.07) is 15.3. The molecule has 2 aliphatic carbocycles. The van der Waals surface area contributed by atoms with Crippen molar-refractivity contribution in [3.63, 3.8) is 0 Å². The van der Waals surface area contributed by atoms with Crippen LogP contribution < -0.4 is 20.1 Å². The van der Waals surface area contributed by atoms with E-state index in [4.69, 9.17) is 9.15 Å². The summed E-state index contributed by atoms with van der Waals surface area (Å²) in [5.41, 5.74) is -0.237. The van der Waals surface area contributed by atoms with Crippen molar-refractivity contribution >= 4 is 55.6 Å². The van der Waals surface area contributed by atoms with Crippen LogP contribution in [0.3, 0.4) is 0 Å². The lowest BCUT2D eigenvalue weighted by atomic mass is 10.0. The van der Waals surface area contributed by atoms with Crippen molar-refractivity contribution in [2.24, 2.45) is 5.92 Å². The van der Waals surface area contributed by atoms with Crippen LogP contribution in [0.15, 0.2) is 77.4 Å². The van der Waals surface area contributed by atoms with Crippen LogP contribution in [0, 0.1) is 5.92 Å². The number of anilines is 1. The Balaban J connectivity index is 1.11. The second-order valence-electron chi connectivity index (χ2n) is 14.7. The zero-order valence-electron chi connectivity index (χ0n) is 28.9. The number of nitrogens with zero attached hydrogens (tertiary/aromatic N) is 3. The van der Waals surface area contributed by atoms with Gasteiger partial charge in [-0.2, -0.15) is 4.98 Å².